The number of hydrogen-bond acceptors (Lipinski definition) is 4. The van der Waals surface area contributed by atoms with Crippen molar-refractivity contribution in [1.29, 1.82) is 0 Å². The molecule has 1 aromatic heterocycles. The Bertz CT molecular complexity index is 664. The highest BCUT2D eigenvalue weighted by Gasteiger charge is 2.33. The predicted molar refractivity (Wildman–Crippen MR) is 79.0 cm³/mol. The van der Waals surface area contributed by atoms with Crippen molar-refractivity contribution >= 4 is 17.6 Å². The van der Waals surface area contributed by atoms with Crippen molar-refractivity contribution < 1.29 is 19.1 Å². The maximum atomic E-state index is 12.2. The van der Waals surface area contributed by atoms with Crippen LogP contribution >= 0.6 is 0 Å². The Morgan fingerprint density at radius 1 is 1.18 bits per heavy atom. The number of benzene rings is 1. The number of nitrogens with one attached hydrogen (secondary N) is 1. The number of carboxylic acids is 1. The molecule has 2 atom stereocenters. The zero-order chi connectivity index (χ0) is 15.5. The van der Waals surface area contributed by atoms with Gasteiger partial charge in [-0.2, -0.15) is 0 Å². The van der Waals surface area contributed by atoms with Crippen LogP contribution in [0.4, 0.5) is 5.69 Å². The molecule has 1 aliphatic rings. The van der Waals surface area contributed by atoms with Crippen LogP contribution in [0, 0.1) is 11.8 Å². The number of amides is 1. The summed E-state index contributed by atoms with van der Waals surface area (Å²) in [4.78, 5) is 27.0. The van der Waals surface area contributed by atoms with E-state index in [1.165, 1.54) is 6.39 Å². The lowest BCUT2D eigenvalue weighted by Crippen LogP contribution is -2.21. The molecule has 6 nitrogen and oxygen atoms in total. The standard InChI is InChI=1S/C16H16N2O4/c19-15(11-1-2-12(7-11)16(20)21)18-13-5-3-10(4-6-13)14-8-17-9-22-14/h3-6,8-9,11-12H,1-2,7H2,(H,18,19)(H,20,21)/t11-,12+/m0/s1. The number of hydrogen-bond donors (Lipinski definition) is 2. The first-order valence-electron chi connectivity index (χ1n) is 7.16. The first-order valence-corrected chi connectivity index (χ1v) is 7.16. The average molecular weight is 300 g/mol. The molecule has 1 amide bonds. The van der Waals surface area contributed by atoms with E-state index in [1.54, 1.807) is 18.3 Å². The fourth-order valence-corrected chi connectivity index (χ4v) is 2.76. The monoisotopic (exact) mass is 300 g/mol. The Morgan fingerprint density at radius 2 is 1.91 bits per heavy atom. The lowest BCUT2D eigenvalue weighted by atomic mass is 10.0. The van der Waals surface area contributed by atoms with Crippen LogP contribution in [0.1, 0.15) is 19.3 Å². The fraction of sp³-hybridized carbons (Fsp3) is 0.312. The molecule has 0 unspecified atom stereocenters. The number of nitrogens with zero attached hydrogens (tertiary/aromatic N) is 1. The van der Waals surface area contributed by atoms with E-state index in [2.05, 4.69) is 10.3 Å². The minimum atomic E-state index is -0.813. The molecule has 1 heterocycles. The fourth-order valence-electron chi connectivity index (χ4n) is 2.76. The number of aliphatic carboxylic acids is 1. The second kappa shape index (κ2) is 6.01. The molecule has 1 saturated carbocycles. The molecular weight excluding hydrogens is 284 g/mol. The quantitative estimate of drug-likeness (QED) is 0.905. The van der Waals surface area contributed by atoms with Crippen molar-refractivity contribution in [3.8, 4) is 11.3 Å². The van der Waals surface area contributed by atoms with E-state index in [9.17, 15) is 9.59 Å². The number of anilines is 1. The molecule has 2 N–H and O–H groups in total. The van der Waals surface area contributed by atoms with Crippen LogP contribution in [0.5, 0.6) is 0 Å². The third-order valence-electron chi connectivity index (χ3n) is 4.02. The summed E-state index contributed by atoms with van der Waals surface area (Å²) in [5, 5.41) is 11.8. The molecule has 0 bridgehead atoms. The van der Waals surface area contributed by atoms with E-state index in [0.29, 0.717) is 30.7 Å². The minimum Gasteiger partial charge on any atom is -0.481 e. The van der Waals surface area contributed by atoms with Crippen LogP contribution in [0.25, 0.3) is 11.3 Å². The van der Waals surface area contributed by atoms with Crippen LogP contribution in [0.15, 0.2) is 41.3 Å². The number of oxazole rings is 1. The van der Waals surface area contributed by atoms with Gasteiger partial charge in [-0.3, -0.25) is 9.59 Å². The molecular formula is C16H16N2O4. The van der Waals surface area contributed by atoms with Crippen molar-refractivity contribution in [3.63, 3.8) is 0 Å². The number of carboxylic acid groups (broad SMARTS) is 1. The van der Waals surface area contributed by atoms with E-state index >= 15 is 0 Å². The molecule has 0 saturated heterocycles. The highest BCUT2D eigenvalue weighted by Crippen LogP contribution is 2.32. The summed E-state index contributed by atoms with van der Waals surface area (Å²) in [6.45, 7) is 0. The number of carbonyl (C=O) groups excluding carboxylic acids is 1. The van der Waals surface area contributed by atoms with Crippen molar-refractivity contribution in [2.24, 2.45) is 11.8 Å². The van der Waals surface area contributed by atoms with E-state index in [0.717, 1.165) is 5.56 Å². The van der Waals surface area contributed by atoms with Crippen molar-refractivity contribution in [2.45, 2.75) is 19.3 Å². The minimum absolute atomic E-state index is 0.115. The van der Waals surface area contributed by atoms with E-state index in [1.807, 2.05) is 12.1 Å². The number of rotatable bonds is 4. The van der Waals surface area contributed by atoms with Crippen LogP contribution in [0.3, 0.4) is 0 Å². The summed E-state index contributed by atoms with van der Waals surface area (Å²) in [6, 6.07) is 7.26. The normalized spacial score (nSPS) is 20.7. The van der Waals surface area contributed by atoms with Gasteiger partial charge in [0.05, 0.1) is 12.1 Å². The highest BCUT2D eigenvalue weighted by atomic mass is 16.4. The summed E-state index contributed by atoms with van der Waals surface area (Å²) >= 11 is 0. The van der Waals surface area contributed by atoms with E-state index in [-0.39, 0.29) is 11.8 Å². The van der Waals surface area contributed by atoms with Crippen molar-refractivity contribution in [1.82, 2.24) is 4.98 Å². The van der Waals surface area contributed by atoms with Crippen LogP contribution in [0.2, 0.25) is 0 Å². The van der Waals surface area contributed by atoms with Crippen molar-refractivity contribution in [3.05, 3.63) is 36.9 Å². The lowest BCUT2D eigenvalue weighted by Gasteiger charge is -2.11. The lowest BCUT2D eigenvalue weighted by molar-refractivity contribution is -0.141. The van der Waals surface area contributed by atoms with Crippen molar-refractivity contribution in [2.75, 3.05) is 5.32 Å². The molecule has 3 rings (SSSR count). The average Bonchev–Trinajstić information content (AvgIpc) is 3.20. The van der Waals surface area contributed by atoms with E-state index < -0.39 is 11.9 Å². The first-order chi connectivity index (χ1) is 10.6. The maximum absolute atomic E-state index is 12.2. The third-order valence-corrected chi connectivity index (χ3v) is 4.02. The SMILES string of the molecule is O=C(O)[C@@H]1CC[C@H](C(=O)Nc2ccc(-c3cnco3)cc2)C1. The van der Waals surface area contributed by atoms with Gasteiger partial charge >= 0.3 is 5.97 Å². The Labute approximate surface area is 127 Å². The zero-order valence-electron chi connectivity index (χ0n) is 11.9. The largest absolute Gasteiger partial charge is 0.481 e. The summed E-state index contributed by atoms with van der Waals surface area (Å²) < 4.78 is 5.20. The van der Waals surface area contributed by atoms with E-state index in [4.69, 9.17) is 9.52 Å². The van der Waals surface area contributed by atoms with Crippen LogP contribution < -0.4 is 5.32 Å². The van der Waals surface area contributed by atoms with Gasteiger partial charge in [0.25, 0.3) is 0 Å². The molecule has 1 aromatic carbocycles. The van der Waals surface area contributed by atoms with Gasteiger partial charge in [0.1, 0.15) is 0 Å². The Morgan fingerprint density at radius 3 is 2.50 bits per heavy atom. The van der Waals surface area contributed by atoms with Gasteiger partial charge in [0, 0.05) is 17.2 Å². The highest BCUT2D eigenvalue weighted by molar-refractivity contribution is 5.93. The second-order valence-corrected chi connectivity index (χ2v) is 5.48. The number of aromatic nitrogens is 1. The summed E-state index contributed by atoms with van der Waals surface area (Å²) in [5.41, 5.74) is 1.56. The molecule has 0 spiro atoms. The maximum Gasteiger partial charge on any atom is 0.306 e. The van der Waals surface area contributed by atoms with Gasteiger partial charge in [-0.05, 0) is 43.5 Å². The molecule has 1 aliphatic carbocycles. The molecule has 2 aromatic rings. The molecule has 1 fully saturated rings. The Kier molecular flexibility index (Phi) is 3.91. The molecule has 0 aliphatic heterocycles. The predicted octanol–water partition coefficient (Wildman–Crippen LogP) is 2.78. The molecule has 0 radical (unpaired) electrons. The second-order valence-electron chi connectivity index (χ2n) is 5.48. The van der Waals surface area contributed by atoms with Gasteiger partial charge in [-0.25, -0.2) is 4.98 Å². The molecule has 114 valence electrons. The smallest absolute Gasteiger partial charge is 0.306 e. The van der Waals surface area contributed by atoms with Gasteiger partial charge in [-0.1, -0.05) is 0 Å². The van der Waals surface area contributed by atoms with Crippen LogP contribution in [-0.4, -0.2) is 22.0 Å². The summed E-state index contributed by atoms with van der Waals surface area (Å²) in [7, 11) is 0. The topological polar surface area (TPSA) is 92.4 Å². The van der Waals surface area contributed by atoms with Gasteiger partial charge < -0.3 is 14.8 Å². The van der Waals surface area contributed by atoms with Gasteiger partial charge in [-0.15, -0.1) is 0 Å². The zero-order valence-corrected chi connectivity index (χ0v) is 11.9. The Hall–Kier alpha value is -2.63. The van der Waals surface area contributed by atoms with Gasteiger partial charge in [0.2, 0.25) is 5.91 Å². The molecule has 6 heteroatoms. The number of carbonyl (C=O) groups is 2. The summed E-state index contributed by atoms with van der Waals surface area (Å²) in [6.07, 6.45) is 4.59. The first kappa shape index (κ1) is 14.3. The third kappa shape index (κ3) is 3.00. The summed E-state index contributed by atoms with van der Waals surface area (Å²) in [5.74, 6) is -0.888. The van der Waals surface area contributed by atoms with Crippen LogP contribution in [-0.2, 0) is 9.59 Å². The molecule has 22 heavy (non-hydrogen) atoms. The van der Waals surface area contributed by atoms with Gasteiger partial charge in [0.15, 0.2) is 12.2 Å². The Balaban J connectivity index is 1.61.